The first-order valence-corrected chi connectivity index (χ1v) is 4.33. The number of nitrogens with zero attached hydrogens (tertiary/aromatic N) is 5. The van der Waals surface area contributed by atoms with Crippen LogP contribution in [0.4, 0.5) is 5.82 Å². The minimum Gasteiger partial charge on any atom is -0.383 e. The smallest absolute Gasteiger partial charge is 0.263 e. The quantitative estimate of drug-likeness (QED) is 0.543. The number of H-pyrrole nitrogens is 2. The summed E-state index contributed by atoms with van der Waals surface area (Å²) in [5.74, 6) is 0.990. The molecule has 0 aromatic carbocycles. The number of anilines is 1. The van der Waals surface area contributed by atoms with Crippen molar-refractivity contribution < 1.29 is 4.52 Å². The molecular formula is C7H6N8O. The van der Waals surface area contributed by atoms with Crippen LogP contribution in [0.2, 0.25) is 0 Å². The Hall–Kier alpha value is -2.71. The molecule has 0 amide bonds. The van der Waals surface area contributed by atoms with Crippen LogP contribution in [0.25, 0.3) is 23.0 Å². The summed E-state index contributed by atoms with van der Waals surface area (Å²) in [6.07, 6.45) is 3.00. The van der Waals surface area contributed by atoms with E-state index in [-0.39, 0.29) is 5.89 Å². The molecule has 3 heterocycles. The van der Waals surface area contributed by atoms with Gasteiger partial charge in [0.2, 0.25) is 5.82 Å². The van der Waals surface area contributed by atoms with Crippen LogP contribution in [0, 0.1) is 0 Å². The zero-order chi connectivity index (χ0) is 11.0. The zero-order valence-electron chi connectivity index (χ0n) is 7.88. The van der Waals surface area contributed by atoms with Gasteiger partial charge in [-0.2, -0.15) is 25.5 Å². The molecule has 3 rings (SSSR count). The molecule has 4 N–H and O–H groups in total. The molecule has 16 heavy (non-hydrogen) atoms. The maximum absolute atomic E-state index is 5.62. The molecule has 0 aliphatic rings. The Morgan fingerprint density at radius 3 is 2.88 bits per heavy atom. The van der Waals surface area contributed by atoms with Crippen molar-refractivity contribution in [3.8, 4) is 23.0 Å². The summed E-state index contributed by atoms with van der Waals surface area (Å²) in [4.78, 5) is 4.12. The van der Waals surface area contributed by atoms with E-state index in [0.29, 0.717) is 22.9 Å². The number of rotatable bonds is 2. The van der Waals surface area contributed by atoms with Crippen molar-refractivity contribution >= 4 is 5.82 Å². The fourth-order valence-corrected chi connectivity index (χ4v) is 1.21. The molecule has 3 aromatic rings. The third-order valence-corrected chi connectivity index (χ3v) is 1.97. The summed E-state index contributed by atoms with van der Waals surface area (Å²) in [6.45, 7) is 0. The normalized spacial score (nSPS) is 10.8. The molecule has 3 aromatic heterocycles. The van der Waals surface area contributed by atoms with Crippen LogP contribution in [0.1, 0.15) is 0 Å². The number of nitrogens with one attached hydrogen (secondary N) is 2. The number of nitrogen functional groups attached to an aromatic ring is 1. The molecule has 0 aliphatic heterocycles. The van der Waals surface area contributed by atoms with E-state index < -0.39 is 0 Å². The predicted molar refractivity (Wildman–Crippen MR) is 51.7 cm³/mol. The minimum atomic E-state index is 0.282. The lowest BCUT2D eigenvalue weighted by atomic mass is 10.3. The Bertz CT molecular complexity index is 593. The molecule has 9 nitrogen and oxygen atoms in total. The molecule has 0 atom stereocenters. The molecule has 0 radical (unpaired) electrons. The van der Waals surface area contributed by atoms with Gasteiger partial charge in [0.1, 0.15) is 11.4 Å². The molecular weight excluding hydrogens is 212 g/mol. The Labute approximate surface area is 88.1 Å². The molecule has 0 saturated heterocycles. The molecule has 0 spiro atoms. The van der Waals surface area contributed by atoms with Crippen LogP contribution >= 0.6 is 0 Å². The second-order valence-electron chi connectivity index (χ2n) is 2.98. The summed E-state index contributed by atoms with van der Waals surface area (Å²) >= 11 is 0. The van der Waals surface area contributed by atoms with Gasteiger partial charge in [-0.05, 0) is 0 Å². The molecule has 0 aliphatic carbocycles. The van der Waals surface area contributed by atoms with Crippen LogP contribution < -0.4 is 5.73 Å². The molecule has 0 fully saturated rings. The van der Waals surface area contributed by atoms with Gasteiger partial charge in [-0.15, -0.1) is 0 Å². The van der Waals surface area contributed by atoms with Crippen LogP contribution in [-0.2, 0) is 0 Å². The Kier molecular flexibility index (Phi) is 1.69. The predicted octanol–water partition coefficient (Wildman–Crippen LogP) is -0.173. The number of nitrogens with two attached hydrogens (primary N) is 1. The second kappa shape index (κ2) is 3.15. The van der Waals surface area contributed by atoms with Crippen LogP contribution in [0.3, 0.4) is 0 Å². The molecule has 0 bridgehead atoms. The summed E-state index contributed by atoms with van der Waals surface area (Å²) in [5, 5.41) is 20.0. The summed E-state index contributed by atoms with van der Waals surface area (Å²) in [7, 11) is 0. The zero-order valence-corrected chi connectivity index (χ0v) is 7.88. The van der Waals surface area contributed by atoms with Crippen LogP contribution in [0.15, 0.2) is 16.9 Å². The fourth-order valence-electron chi connectivity index (χ4n) is 1.21. The number of hydrogen-bond acceptors (Lipinski definition) is 7. The highest BCUT2D eigenvalue weighted by Gasteiger charge is 2.15. The largest absolute Gasteiger partial charge is 0.383 e. The highest BCUT2D eigenvalue weighted by atomic mass is 16.5. The first kappa shape index (κ1) is 8.59. The van der Waals surface area contributed by atoms with E-state index in [1.54, 1.807) is 0 Å². The topological polar surface area (TPSA) is 135 Å². The number of aromatic nitrogens is 7. The van der Waals surface area contributed by atoms with Gasteiger partial charge in [0, 0.05) is 0 Å². The average Bonchev–Trinajstić information content (AvgIpc) is 2.96. The molecule has 0 unspecified atom stereocenters. The van der Waals surface area contributed by atoms with Crippen molar-refractivity contribution in [3.05, 3.63) is 12.4 Å². The Morgan fingerprint density at radius 2 is 2.19 bits per heavy atom. The third kappa shape index (κ3) is 1.22. The van der Waals surface area contributed by atoms with Gasteiger partial charge in [-0.3, -0.25) is 5.10 Å². The lowest BCUT2D eigenvalue weighted by molar-refractivity contribution is 0.432. The van der Waals surface area contributed by atoms with Crippen molar-refractivity contribution in [2.75, 3.05) is 5.73 Å². The summed E-state index contributed by atoms with van der Waals surface area (Å²) in [6, 6.07) is 0. The standard InChI is InChI=1S/C7H6N8O/c8-5-3(1-9-13-5)7-11-6(14-16-7)4-2-10-15-12-4/h1-2H,(H3,8,9,13)(H,10,12,15). The van der Waals surface area contributed by atoms with E-state index in [9.17, 15) is 0 Å². The van der Waals surface area contributed by atoms with Gasteiger partial charge in [0.05, 0.1) is 12.4 Å². The van der Waals surface area contributed by atoms with Gasteiger partial charge < -0.3 is 10.3 Å². The second-order valence-corrected chi connectivity index (χ2v) is 2.98. The highest BCUT2D eigenvalue weighted by molar-refractivity contribution is 5.66. The molecule has 9 heteroatoms. The molecule has 0 saturated carbocycles. The maximum atomic E-state index is 5.62. The Morgan fingerprint density at radius 1 is 1.25 bits per heavy atom. The van der Waals surface area contributed by atoms with Crippen molar-refractivity contribution in [1.29, 1.82) is 0 Å². The van der Waals surface area contributed by atoms with Gasteiger partial charge in [0.15, 0.2) is 5.69 Å². The minimum absolute atomic E-state index is 0.282. The van der Waals surface area contributed by atoms with E-state index >= 15 is 0 Å². The van der Waals surface area contributed by atoms with Gasteiger partial charge in [-0.25, -0.2) is 0 Å². The van der Waals surface area contributed by atoms with Crippen LogP contribution in [0.5, 0.6) is 0 Å². The van der Waals surface area contributed by atoms with E-state index in [1.807, 2.05) is 0 Å². The monoisotopic (exact) mass is 218 g/mol. The van der Waals surface area contributed by atoms with Gasteiger partial charge in [0.25, 0.3) is 5.89 Å². The van der Waals surface area contributed by atoms with Crippen molar-refractivity contribution in [3.63, 3.8) is 0 Å². The third-order valence-electron chi connectivity index (χ3n) is 1.97. The average molecular weight is 218 g/mol. The first-order chi connectivity index (χ1) is 7.84. The first-order valence-electron chi connectivity index (χ1n) is 4.33. The maximum Gasteiger partial charge on any atom is 0.263 e. The lowest BCUT2D eigenvalue weighted by Crippen LogP contribution is -1.87. The van der Waals surface area contributed by atoms with Crippen molar-refractivity contribution in [2.24, 2.45) is 0 Å². The molecule has 80 valence electrons. The summed E-state index contributed by atoms with van der Waals surface area (Å²) in [5.41, 5.74) is 6.68. The fraction of sp³-hybridized carbons (Fsp3) is 0. The summed E-state index contributed by atoms with van der Waals surface area (Å²) < 4.78 is 5.03. The van der Waals surface area contributed by atoms with Gasteiger partial charge >= 0.3 is 0 Å². The lowest BCUT2D eigenvalue weighted by Gasteiger charge is -1.87. The van der Waals surface area contributed by atoms with E-state index in [0.717, 1.165) is 0 Å². The van der Waals surface area contributed by atoms with E-state index in [2.05, 4.69) is 35.7 Å². The van der Waals surface area contributed by atoms with Crippen LogP contribution in [-0.4, -0.2) is 35.7 Å². The SMILES string of the molecule is Nc1[nH]ncc1-c1nc(-c2cn[nH]n2)no1. The van der Waals surface area contributed by atoms with E-state index in [1.165, 1.54) is 12.4 Å². The number of aromatic amines is 2. The Balaban J connectivity index is 2.03. The van der Waals surface area contributed by atoms with E-state index in [4.69, 9.17) is 10.3 Å². The van der Waals surface area contributed by atoms with Gasteiger partial charge in [-0.1, -0.05) is 5.16 Å². The van der Waals surface area contributed by atoms with Crippen molar-refractivity contribution in [1.82, 2.24) is 35.7 Å². The highest BCUT2D eigenvalue weighted by Crippen LogP contribution is 2.23. The van der Waals surface area contributed by atoms with Crippen molar-refractivity contribution in [2.45, 2.75) is 0 Å². The number of hydrogen-bond donors (Lipinski definition) is 3.